The molecule has 1 unspecified atom stereocenters. The van der Waals surface area contributed by atoms with Crippen LogP contribution in [0, 0.1) is 28.4 Å². The number of nitrogens with zero attached hydrogens (tertiary/aromatic N) is 5. The molecular weight excluding hydrogens is 523 g/mol. The fourth-order valence-electron chi connectivity index (χ4n) is 4.70. The van der Waals surface area contributed by atoms with Crippen molar-refractivity contribution in [3.05, 3.63) is 115 Å². The molecule has 190 valence electrons. The van der Waals surface area contributed by atoms with Gasteiger partial charge in [0.15, 0.2) is 0 Å². The Bertz CT molecular complexity index is 1570. The number of hydrogen-bond donors (Lipinski definition) is 1. The molecule has 0 radical (unpaired) electrons. The van der Waals surface area contributed by atoms with Crippen molar-refractivity contribution in [3.63, 3.8) is 0 Å². The SMILES string of the molecule is Cc1cc(C(C#N)c2ccc(Cl)cc2)c(Cl)cc1Nc1ncnc(N2CCc3ccccc3C2)c1[N+](=O)[O-]. The summed E-state index contributed by atoms with van der Waals surface area (Å²) in [5, 5.41) is 26.1. The van der Waals surface area contributed by atoms with E-state index < -0.39 is 10.8 Å². The summed E-state index contributed by atoms with van der Waals surface area (Å²) in [6.45, 7) is 2.97. The summed E-state index contributed by atoms with van der Waals surface area (Å²) in [6, 6.07) is 20.9. The van der Waals surface area contributed by atoms with Crippen molar-refractivity contribution in [3.8, 4) is 6.07 Å². The highest BCUT2D eigenvalue weighted by atomic mass is 35.5. The number of aryl methyl sites for hydroxylation is 1. The average Bonchev–Trinajstić information content (AvgIpc) is 2.92. The van der Waals surface area contributed by atoms with E-state index in [9.17, 15) is 15.4 Å². The van der Waals surface area contributed by atoms with Crippen LogP contribution in [0.2, 0.25) is 10.0 Å². The maximum absolute atomic E-state index is 12.2. The Balaban J connectivity index is 1.48. The van der Waals surface area contributed by atoms with Gasteiger partial charge < -0.3 is 10.2 Å². The van der Waals surface area contributed by atoms with Crippen molar-refractivity contribution in [2.45, 2.75) is 25.8 Å². The molecule has 2 heterocycles. The molecule has 0 aliphatic carbocycles. The number of benzene rings is 3. The van der Waals surface area contributed by atoms with E-state index in [1.54, 1.807) is 30.3 Å². The molecule has 0 amide bonds. The second kappa shape index (κ2) is 10.7. The highest BCUT2D eigenvalue weighted by Crippen LogP contribution is 2.39. The van der Waals surface area contributed by atoms with Crippen molar-refractivity contribution >= 4 is 46.2 Å². The fourth-order valence-corrected chi connectivity index (χ4v) is 5.10. The van der Waals surface area contributed by atoms with Crippen LogP contribution in [0.1, 0.15) is 33.7 Å². The van der Waals surface area contributed by atoms with Gasteiger partial charge in [-0.05, 0) is 59.4 Å². The van der Waals surface area contributed by atoms with Crippen molar-refractivity contribution in [2.24, 2.45) is 0 Å². The number of halogens is 2. The van der Waals surface area contributed by atoms with Gasteiger partial charge in [0.05, 0.1) is 16.9 Å². The molecule has 38 heavy (non-hydrogen) atoms. The smallest absolute Gasteiger partial charge is 0.346 e. The molecule has 1 aromatic heterocycles. The number of aromatic nitrogens is 2. The fraction of sp³-hybridized carbons (Fsp3) is 0.179. The maximum Gasteiger partial charge on any atom is 0.353 e. The molecule has 10 heteroatoms. The molecular formula is C28H22Cl2N6O2. The van der Waals surface area contributed by atoms with Crippen LogP contribution in [-0.4, -0.2) is 21.4 Å². The van der Waals surface area contributed by atoms with Gasteiger partial charge in [-0.3, -0.25) is 10.1 Å². The summed E-state index contributed by atoms with van der Waals surface area (Å²) >= 11 is 12.6. The average molecular weight is 545 g/mol. The number of hydrogen-bond acceptors (Lipinski definition) is 7. The Morgan fingerprint density at radius 1 is 1.11 bits per heavy atom. The van der Waals surface area contributed by atoms with Gasteiger partial charge in [0.2, 0.25) is 11.6 Å². The Labute approximate surface area is 229 Å². The lowest BCUT2D eigenvalue weighted by Crippen LogP contribution is -2.31. The molecule has 1 atom stereocenters. The van der Waals surface area contributed by atoms with Crippen LogP contribution in [0.5, 0.6) is 0 Å². The molecule has 5 rings (SSSR count). The molecule has 1 aliphatic heterocycles. The Morgan fingerprint density at radius 3 is 2.55 bits per heavy atom. The minimum absolute atomic E-state index is 0.0697. The topological polar surface area (TPSA) is 108 Å². The van der Waals surface area contributed by atoms with Crippen LogP contribution in [0.25, 0.3) is 0 Å². The minimum atomic E-state index is -0.602. The molecule has 0 bridgehead atoms. The molecule has 0 fully saturated rings. The molecule has 1 N–H and O–H groups in total. The van der Waals surface area contributed by atoms with E-state index >= 15 is 0 Å². The van der Waals surface area contributed by atoms with Gasteiger partial charge in [-0.1, -0.05) is 65.7 Å². The van der Waals surface area contributed by atoms with E-state index in [-0.39, 0.29) is 17.3 Å². The minimum Gasteiger partial charge on any atom is -0.346 e. The quantitative estimate of drug-likeness (QED) is 0.206. The number of nitriles is 1. The van der Waals surface area contributed by atoms with E-state index in [4.69, 9.17) is 23.2 Å². The van der Waals surface area contributed by atoms with Crippen LogP contribution in [0.4, 0.5) is 23.0 Å². The largest absolute Gasteiger partial charge is 0.353 e. The molecule has 4 aromatic rings. The summed E-state index contributed by atoms with van der Waals surface area (Å²) in [5.41, 5.74) is 4.83. The number of nitro groups is 1. The Kier molecular flexibility index (Phi) is 7.14. The predicted molar refractivity (Wildman–Crippen MR) is 148 cm³/mol. The summed E-state index contributed by atoms with van der Waals surface area (Å²) in [7, 11) is 0. The van der Waals surface area contributed by atoms with E-state index in [1.165, 1.54) is 11.9 Å². The summed E-state index contributed by atoms with van der Waals surface area (Å²) in [4.78, 5) is 22.1. The van der Waals surface area contributed by atoms with E-state index in [1.807, 2.05) is 36.1 Å². The molecule has 8 nitrogen and oxygen atoms in total. The zero-order valence-electron chi connectivity index (χ0n) is 20.4. The van der Waals surface area contributed by atoms with Gasteiger partial charge in [0.1, 0.15) is 6.33 Å². The van der Waals surface area contributed by atoms with Gasteiger partial charge >= 0.3 is 5.69 Å². The third-order valence-electron chi connectivity index (χ3n) is 6.66. The Morgan fingerprint density at radius 2 is 1.84 bits per heavy atom. The number of rotatable bonds is 6. The van der Waals surface area contributed by atoms with Gasteiger partial charge in [0, 0.05) is 28.8 Å². The first-order chi connectivity index (χ1) is 18.4. The number of anilines is 3. The first-order valence-electron chi connectivity index (χ1n) is 11.9. The van der Waals surface area contributed by atoms with Crippen LogP contribution < -0.4 is 10.2 Å². The molecule has 0 saturated carbocycles. The van der Waals surface area contributed by atoms with Gasteiger partial charge in [-0.2, -0.15) is 5.26 Å². The van der Waals surface area contributed by atoms with Crippen LogP contribution in [0.3, 0.4) is 0 Å². The van der Waals surface area contributed by atoms with Gasteiger partial charge in [0.25, 0.3) is 0 Å². The standard InChI is InChI=1S/C28H22Cl2N6O2/c1-17-12-22(23(14-31)19-6-8-21(29)9-7-19)24(30)13-25(17)34-27-26(36(37)38)28(33-16-32-27)35-11-10-18-4-2-3-5-20(18)15-35/h2-9,12-13,16,23H,10-11,15H2,1H3,(H,32,33,34). The molecule has 0 spiro atoms. The number of nitrogens with one attached hydrogen (secondary N) is 1. The zero-order chi connectivity index (χ0) is 26.8. The molecule has 3 aromatic carbocycles. The second-order valence-corrected chi connectivity index (χ2v) is 9.86. The first kappa shape index (κ1) is 25.5. The normalized spacial score (nSPS) is 13.4. The summed E-state index contributed by atoms with van der Waals surface area (Å²) in [5.74, 6) is -0.274. The Hall–Kier alpha value is -4.19. The van der Waals surface area contributed by atoms with Gasteiger partial charge in [-0.15, -0.1) is 0 Å². The summed E-state index contributed by atoms with van der Waals surface area (Å²) < 4.78 is 0. The van der Waals surface area contributed by atoms with Crippen LogP contribution >= 0.6 is 23.2 Å². The van der Waals surface area contributed by atoms with Gasteiger partial charge in [-0.25, -0.2) is 9.97 Å². The van der Waals surface area contributed by atoms with Crippen LogP contribution in [-0.2, 0) is 13.0 Å². The van der Waals surface area contributed by atoms with Crippen molar-refractivity contribution in [1.82, 2.24) is 9.97 Å². The third kappa shape index (κ3) is 4.99. The lowest BCUT2D eigenvalue weighted by Gasteiger charge is -2.29. The van der Waals surface area contributed by atoms with Crippen molar-refractivity contribution in [1.29, 1.82) is 5.26 Å². The first-order valence-corrected chi connectivity index (χ1v) is 12.6. The lowest BCUT2D eigenvalue weighted by molar-refractivity contribution is -0.383. The predicted octanol–water partition coefficient (Wildman–Crippen LogP) is 6.96. The van der Waals surface area contributed by atoms with Crippen molar-refractivity contribution < 1.29 is 4.92 Å². The highest BCUT2D eigenvalue weighted by Gasteiger charge is 2.30. The second-order valence-electron chi connectivity index (χ2n) is 9.02. The van der Waals surface area contributed by atoms with E-state index in [2.05, 4.69) is 27.4 Å². The van der Waals surface area contributed by atoms with E-state index in [0.29, 0.717) is 34.4 Å². The van der Waals surface area contributed by atoms with Crippen LogP contribution in [0.15, 0.2) is 67.0 Å². The summed E-state index contributed by atoms with van der Waals surface area (Å²) in [6.07, 6.45) is 2.09. The third-order valence-corrected chi connectivity index (χ3v) is 7.24. The van der Waals surface area contributed by atoms with E-state index in [0.717, 1.165) is 23.1 Å². The van der Waals surface area contributed by atoms with Crippen molar-refractivity contribution in [2.75, 3.05) is 16.8 Å². The monoisotopic (exact) mass is 544 g/mol. The maximum atomic E-state index is 12.2. The number of fused-ring (bicyclic) bond motifs is 1. The highest BCUT2D eigenvalue weighted by molar-refractivity contribution is 6.32. The molecule has 1 aliphatic rings. The zero-order valence-corrected chi connectivity index (χ0v) is 21.9. The molecule has 0 saturated heterocycles. The lowest BCUT2D eigenvalue weighted by atomic mass is 9.91.